The van der Waals surface area contributed by atoms with Crippen molar-refractivity contribution in [2.45, 2.75) is 22.2 Å². The Labute approximate surface area is 194 Å². The molecule has 0 spiro atoms. The summed E-state index contributed by atoms with van der Waals surface area (Å²) in [6, 6.07) is 2.00. The summed E-state index contributed by atoms with van der Waals surface area (Å²) in [5.41, 5.74) is -1.99. The lowest BCUT2D eigenvalue weighted by molar-refractivity contribution is -0.330. The largest absolute Gasteiger partial charge is 0.460 e. The molecule has 3 amide bonds. The molecule has 0 saturated heterocycles. The van der Waals surface area contributed by atoms with E-state index < -0.39 is 81.4 Å². The van der Waals surface area contributed by atoms with Gasteiger partial charge in [0.05, 0.1) is 5.69 Å². The van der Waals surface area contributed by atoms with E-state index >= 15 is 0 Å². The number of urea groups is 1. The van der Waals surface area contributed by atoms with Gasteiger partial charge in [-0.3, -0.25) is 4.79 Å². The van der Waals surface area contributed by atoms with E-state index in [0.29, 0.717) is 24.3 Å². The summed E-state index contributed by atoms with van der Waals surface area (Å²) in [4.78, 5) is 23.9. The van der Waals surface area contributed by atoms with Crippen LogP contribution in [0.2, 0.25) is 0 Å². The van der Waals surface area contributed by atoms with Gasteiger partial charge in [0.1, 0.15) is 29.7 Å². The van der Waals surface area contributed by atoms with E-state index in [1.807, 2.05) is 0 Å². The fourth-order valence-electron chi connectivity index (χ4n) is 2.40. The van der Waals surface area contributed by atoms with Crippen molar-refractivity contribution >= 4 is 29.4 Å². The molecule has 0 aromatic heterocycles. The minimum Gasteiger partial charge on any atom is -0.364 e. The number of nitrogens with zero attached hydrogens (tertiary/aromatic N) is 1. The maximum absolute atomic E-state index is 14.3. The lowest BCUT2D eigenvalue weighted by Gasteiger charge is -2.27. The van der Waals surface area contributed by atoms with Crippen molar-refractivity contribution in [3.8, 4) is 0 Å². The highest BCUT2D eigenvalue weighted by Crippen LogP contribution is 2.53. The van der Waals surface area contributed by atoms with Crippen LogP contribution in [-0.4, -0.2) is 48.0 Å². The van der Waals surface area contributed by atoms with Crippen LogP contribution in [0.4, 0.5) is 54.4 Å². The van der Waals surface area contributed by atoms with Crippen molar-refractivity contribution in [2.75, 3.05) is 19.2 Å². The number of amides is 3. The van der Waals surface area contributed by atoms with Gasteiger partial charge in [0.25, 0.3) is 5.91 Å². The molecule has 2 rings (SSSR count). The number of rotatable bonds is 7. The molecular weight excluding hydrogens is 526 g/mol. The number of hydrogen-bond acceptors (Lipinski definition) is 4. The molecule has 0 aliphatic heterocycles. The van der Waals surface area contributed by atoms with Crippen LogP contribution in [0.25, 0.3) is 0 Å². The molecule has 0 atom stereocenters. The molecule has 0 unspecified atom stereocenters. The molecule has 0 heterocycles. The summed E-state index contributed by atoms with van der Waals surface area (Å²) in [5.74, 6) is -12.2. The van der Waals surface area contributed by atoms with Crippen molar-refractivity contribution in [3.05, 3.63) is 59.4 Å². The first-order valence-electron chi connectivity index (χ1n) is 8.90. The highest BCUT2D eigenvalue weighted by molar-refractivity contribution is 8.00. The number of thioether (sulfide) groups is 1. The van der Waals surface area contributed by atoms with Gasteiger partial charge in [-0.05, 0) is 42.1 Å². The van der Waals surface area contributed by atoms with E-state index in [-0.39, 0.29) is 11.0 Å². The molecule has 5 nitrogen and oxygen atoms in total. The maximum Gasteiger partial charge on any atom is 0.460 e. The van der Waals surface area contributed by atoms with Crippen LogP contribution >= 0.6 is 11.8 Å². The third-order valence-corrected chi connectivity index (χ3v) is 5.08. The van der Waals surface area contributed by atoms with Crippen LogP contribution < -0.4 is 5.32 Å². The Morgan fingerprint density at radius 3 is 2.00 bits per heavy atom. The molecule has 0 radical (unpaired) electrons. The number of imide groups is 1. The number of halogens is 10. The zero-order valence-corrected chi connectivity index (χ0v) is 17.8. The summed E-state index contributed by atoms with van der Waals surface area (Å²) in [7, 11) is 0.995. The number of carbonyl (C=O) groups excluding carboxylic acids is 2. The molecule has 0 aliphatic rings. The Hall–Kier alpha value is -3.01. The normalized spacial score (nSPS) is 12.4. The third-order valence-electron chi connectivity index (χ3n) is 4.07. The second kappa shape index (κ2) is 10.3. The van der Waals surface area contributed by atoms with E-state index in [1.165, 1.54) is 0 Å². The number of nitrogens with one attached hydrogen (secondary N) is 1. The van der Waals surface area contributed by atoms with Gasteiger partial charge in [-0.1, -0.05) is 6.07 Å². The molecule has 0 aliphatic carbocycles. The summed E-state index contributed by atoms with van der Waals surface area (Å²) < 4.78 is 136. The van der Waals surface area contributed by atoms with Crippen molar-refractivity contribution in [1.82, 2.24) is 4.90 Å². The average Bonchev–Trinajstić information content (AvgIpc) is 2.72. The molecule has 1 N–H and O–H groups in total. The predicted molar refractivity (Wildman–Crippen MR) is 102 cm³/mol. The minimum atomic E-state index is -6.59. The minimum absolute atomic E-state index is 0.113. The summed E-state index contributed by atoms with van der Waals surface area (Å²) in [6.45, 7) is -0.882. The summed E-state index contributed by atoms with van der Waals surface area (Å²) in [6.07, 6.45) is -6.59. The highest BCUT2D eigenvalue weighted by atomic mass is 32.2. The number of hydrogen-bond donors (Lipinski definition) is 1. The first-order chi connectivity index (χ1) is 16.0. The fourth-order valence-corrected chi connectivity index (χ4v) is 3.23. The van der Waals surface area contributed by atoms with Gasteiger partial charge in [-0.25, -0.2) is 22.9 Å². The smallest absolute Gasteiger partial charge is 0.364 e. The molecule has 2 aromatic rings. The van der Waals surface area contributed by atoms with Crippen LogP contribution in [0.15, 0.2) is 41.3 Å². The molecule has 16 heteroatoms. The number of carbonyl (C=O) groups is 2. The molecule has 35 heavy (non-hydrogen) atoms. The van der Waals surface area contributed by atoms with E-state index in [2.05, 4.69) is 4.74 Å². The third kappa shape index (κ3) is 5.98. The van der Waals surface area contributed by atoms with E-state index in [1.54, 1.807) is 5.32 Å². The number of benzene rings is 2. The van der Waals surface area contributed by atoms with Crippen LogP contribution in [0.3, 0.4) is 0 Å². The van der Waals surface area contributed by atoms with E-state index in [0.717, 1.165) is 13.2 Å². The molecule has 0 fully saturated rings. The number of methoxy groups -OCH3 is 1. The van der Waals surface area contributed by atoms with Crippen molar-refractivity contribution in [2.24, 2.45) is 0 Å². The van der Waals surface area contributed by atoms with Crippen LogP contribution in [0.5, 0.6) is 0 Å². The second-order valence-corrected chi connectivity index (χ2v) is 7.70. The topological polar surface area (TPSA) is 58.6 Å². The number of ether oxygens (including phenoxy) is 1. The summed E-state index contributed by atoms with van der Waals surface area (Å²) in [5, 5.41) is -3.94. The van der Waals surface area contributed by atoms with E-state index in [4.69, 9.17) is 0 Å². The Balaban J connectivity index is 2.26. The van der Waals surface area contributed by atoms with Gasteiger partial charge in [0.15, 0.2) is 0 Å². The van der Waals surface area contributed by atoms with Gasteiger partial charge in [0.2, 0.25) is 0 Å². The first kappa shape index (κ1) is 28.2. The monoisotopic (exact) mass is 538 g/mol. The van der Waals surface area contributed by atoms with Gasteiger partial charge >= 0.3 is 23.4 Å². The van der Waals surface area contributed by atoms with Crippen LogP contribution in [-0.2, 0) is 4.74 Å². The fraction of sp³-hybridized carbons (Fsp3) is 0.263. The zero-order valence-electron chi connectivity index (χ0n) is 17.0. The molecule has 2 aromatic carbocycles. The number of anilines is 1. The highest BCUT2D eigenvalue weighted by Gasteiger charge is 2.73. The average molecular weight is 538 g/mol. The molecule has 192 valence electrons. The lowest BCUT2D eigenvalue weighted by atomic mass is 10.1. The first-order valence-corrected chi connectivity index (χ1v) is 9.72. The Kier molecular flexibility index (Phi) is 8.32. The molecule has 0 bridgehead atoms. The Bertz CT molecular complexity index is 1090. The summed E-state index contributed by atoms with van der Waals surface area (Å²) >= 11 is -1.28. The maximum atomic E-state index is 14.3. The molecular formula is C19H12F10N2O3S. The van der Waals surface area contributed by atoms with Gasteiger partial charge in [-0.2, -0.15) is 30.7 Å². The number of alkyl halides is 7. The second-order valence-electron chi connectivity index (χ2n) is 6.51. The van der Waals surface area contributed by atoms with Crippen molar-refractivity contribution < 1.29 is 58.2 Å². The standard InChI is InChI=1S/C19H12F10N2O3S/c1-34-8-31(15(32)14-10(20)3-2-4-11(14)21)16(33)30-13-6-5-9(7-12(13)22)35-19(28,29)17(23,24)18(25,26)27/h2-7H,8H2,1H3,(H,30,33). The quantitative estimate of drug-likeness (QED) is 0.257. The van der Waals surface area contributed by atoms with Crippen molar-refractivity contribution in [1.29, 1.82) is 0 Å². The van der Waals surface area contributed by atoms with Crippen LogP contribution in [0, 0.1) is 17.5 Å². The lowest BCUT2D eigenvalue weighted by Crippen LogP contribution is -2.49. The zero-order chi connectivity index (χ0) is 26.8. The van der Waals surface area contributed by atoms with Crippen LogP contribution in [0.1, 0.15) is 10.4 Å². The van der Waals surface area contributed by atoms with Crippen molar-refractivity contribution in [3.63, 3.8) is 0 Å². The predicted octanol–water partition coefficient (Wildman–Crippen LogP) is 6.26. The molecule has 0 saturated carbocycles. The Morgan fingerprint density at radius 2 is 1.51 bits per heavy atom. The SMILES string of the molecule is COCN(C(=O)Nc1ccc(SC(F)(F)C(F)(F)C(F)(F)F)cc1F)C(=O)c1c(F)cccc1F. The van der Waals surface area contributed by atoms with Gasteiger partial charge < -0.3 is 10.1 Å². The van der Waals surface area contributed by atoms with E-state index in [9.17, 15) is 53.5 Å². The Morgan fingerprint density at radius 1 is 0.943 bits per heavy atom. The van der Waals surface area contributed by atoms with Gasteiger partial charge in [0, 0.05) is 12.0 Å². The van der Waals surface area contributed by atoms with Gasteiger partial charge in [-0.15, -0.1) is 0 Å².